The Hall–Kier alpha value is -5.05. The SMILES string of the molecule is COc1ccc(-n2cc(Cn3c(-c4cccc(OC)c4)nc4c3C(=O)c3ccccc3C4=O)nn2)cc1. The molecule has 1 aliphatic rings. The molecule has 0 saturated heterocycles. The van der Waals surface area contributed by atoms with Crippen molar-refractivity contribution < 1.29 is 19.1 Å². The second-order valence-electron chi connectivity index (χ2n) is 8.51. The fourth-order valence-corrected chi connectivity index (χ4v) is 4.51. The zero-order valence-electron chi connectivity index (χ0n) is 20.1. The van der Waals surface area contributed by atoms with Crippen molar-refractivity contribution in [2.75, 3.05) is 14.2 Å². The van der Waals surface area contributed by atoms with Crippen molar-refractivity contribution >= 4 is 11.6 Å². The number of carbonyl (C=O) groups excluding carboxylic acids is 2. The van der Waals surface area contributed by atoms with Crippen LogP contribution in [0.5, 0.6) is 11.5 Å². The molecule has 0 bridgehead atoms. The molecule has 182 valence electrons. The van der Waals surface area contributed by atoms with Crippen molar-refractivity contribution in [2.45, 2.75) is 6.54 Å². The predicted molar refractivity (Wildman–Crippen MR) is 135 cm³/mol. The Bertz CT molecular complexity index is 1670. The minimum absolute atomic E-state index is 0.129. The van der Waals surface area contributed by atoms with Gasteiger partial charge in [0.1, 0.15) is 34.4 Å². The first-order chi connectivity index (χ1) is 18.1. The number of hydrogen-bond acceptors (Lipinski definition) is 7. The van der Waals surface area contributed by atoms with E-state index in [0.29, 0.717) is 34.0 Å². The number of benzene rings is 3. The van der Waals surface area contributed by atoms with Crippen LogP contribution in [0, 0.1) is 0 Å². The molecule has 0 unspecified atom stereocenters. The first kappa shape index (κ1) is 22.4. The molecule has 0 aliphatic heterocycles. The highest BCUT2D eigenvalue weighted by Gasteiger charge is 2.36. The smallest absolute Gasteiger partial charge is 0.214 e. The van der Waals surface area contributed by atoms with Crippen molar-refractivity contribution in [3.05, 3.63) is 107 Å². The van der Waals surface area contributed by atoms with Crippen LogP contribution in [0.15, 0.2) is 79.0 Å². The molecular weight excluding hydrogens is 470 g/mol. The van der Waals surface area contributed by atoms with E-state index in [1.807, 2.05) is 48.5 Å². The van der Waals surface area contributed by atoms with Gasteiger partial charge in [0.15, 0.2) is 0 Å². The normalized spacial score (nSPS) is 12.3. The lowest BCUT2D eigenvalue weighted by Crippen LogP contribution is -2.23. The maximum atomic E-state index is 13.6. The van der Waals surface area contributed by atoms with Crippen molar-refractivity contribution in [2.24, 2.45) is 0 Å². The summed E-state index contributed by atoms with van der Waals surface area (Å²) in [6.45, 7) is 0.187. The Labute approximate surface area is 211 Å². The van der Waals surface area contributed by atoms with Gasteiger partial charge in [0, 0.05) is 16.7 Å². The van der Waals surface area contributed by atoms with E-state index >= 15 is 0 Å². The Morgan fingerprint density at radius 2 is 1.54 bits per heavy atom. The van der Waals surface area contributed by atoms with Gasteiger partial charge >= 0.3 is 0 Å². The number of fused-ring (bicyclic) bond motifs is 2. The van der Waals surface area contributed by atoms with Gasteiger partial charge in [-0.3, -0.25) is 9.59 Å². The van der Waals surface area contributed by atoms with Crippen LogP contribution in [-0.4, -0.2) is 50.3 Å². The highest BCUT2D eigenvalue weighted by atomic mass is 16.5. The lowest BCUT2D eigenvalue weighted by Gasteiger charge is -2.16. The lowest BCUT2D eigenvalue weighted by molar-refractivity contribution is 0.0971. The van der Waals surface area contributed by atoms with E-state index < -0.39 is 0 Å². The van der Waals surface area contributed by atoms with Gasteiger partial charge in [0.2, 0.25) is 11.6 Å². The fraction of sp³-hybridized carbons (Fsp3) is 0.107. The van der Waals surface area contributed by atoms with E-state index in [-0.39, 0.29) is 29.5 Å². The molecule has 9 heteroatoms. The zero-order chi connectivity index (χ0) is 25.5. The number of rotatable bonds is 6. The van der Waals surface area contributed by atoms with Gasteiger partial charge in [0.25, 0.3) is 0 Å². The second-order valence-corrected chi connectivity index (χ2v) is 8.51. The first-order valence-corrected chi connectivity index (χ1v) is 11.6. The van der Waals surface area contributed by atoms with Crippen molar-refractivity contribution in [3.63, 3.8) is 0 Å². The molecular formula is C28H21N5O4. The molecule has 9 nitrogen and oxygen atoms in total. The summed E-state index contributed by atoms with van der Waals surface area (Å²) in [6, 6.07) is 21.6. The van der Waals surface area contributed by atoms with E-state index in [1.54, 1.807) is 53.9 Å². The molecule has 2 aromatic heterocycles. The average Bonchev–Trinajstić information content (AvgIpc) is 3.57. The third kappa shape index (κ3) is 3.77. The summed E-state index contributed by atoms with van der Waals surface area (Å²) in [5.41, 5.74) is 3.19. The highest BCUT2D eigenvalue weighted by molar-refractivity contribution is 6.27. The van der Waals surface area contributed by atoms with Crippen LogP contribution < -0.4 is 9.47 Å². The minimum Gasteiger partial charge on any atom is -0.497 e. The van der Waals surface area contributed by atoms with Crippen molar-refractivity contribution in [1.82, 2.24) is 24.5 Å². The summed E-state index contributed by atoms with van der Waals surface area (Å²) < 4.78 is 14.0. The zero-order valence-corrected chi connectivity index (χ0v) is 20.1. The van der Waals surface area contributed by atoms with Crippen LogP contribution >= 0.6 is 0 Å². The molecule has 6 rings (SSSR count). The topological polar surface area (TPSA) is 101 Å². The number of aromatic nitrogens is 5. The van der Waals surface area contributed by atoms with Gasteiger partial charge in [-0.2, -0.15) is 0 Å². The summed E-state index contributed by atoms with van der Waals surface area (Å²) in [6.07, 6.45) is 1.78. The van der Waals surface area contributed by atoms with Gasteiger partial charge in [-0.25, -0.2) is 9.67 Å². The van der Waals surface area contributed by atoms with Crippen molar-refractivity contribution in [3.8, 4) is 28.6 Å². The van der Waals surface area contributed by atoms with Gasteiger partial charge in [-0.15, -0.1) is 5.10 Å². The van der Waals surface area contributed by atoms with Crippen molar-refractivity contribution in [1.29, 1.82) is 0 Å². The third-order valence-corrected chi connectivity index (χ3v) is 6.34. The largest absolute Gasteiger partial charge is 0.497 e. The molecule has 0 spiro atoms. The minimum atomic E-state index is -0.282. The van der Waals surface area contributed by atoms with E-state index in [1.165, 1.54) is 0 Å². The monoisotopic (exact) mass is 491 g/mol. The van der Waals surface area contributed by atoms with E-state index in [2.05, 4.69) is 15.3 Å². The van der Waals surface area contributed by atoms with Gasteiger partial charge < -0.3 is 14.0 Å². The maximum absolute atomic E-state index is 13.6. The Morgan fingerprint density at radius 1 is 0.811 bits per heavy atom. The molecule has 0 amide bonds. The Balaban J connectivity index is 1.47. The standard InChI is InChI=1S/C28H21N5O4/c1-36-20-12-10-19(11-13-20)33-16-18(30-31-33)15-32-25-24(26(34)22-8-3-4-9-23(22)27(25)35)29-28(32)17-6-5-7-21(14-17)37-2/h3-14,16H,15H2,1-2H3. The Kier molecular flexibility index (Phi) is 5.37. The molecule has 0 saturated carbocycles. The number of nitrogens with zero attached hydrogens (tertiary/aromatic N) is 5. The number of imidazole rings is 1. The third-order valence-electron chi connectivity index (χ3n) is 6.34. The maximum Gasteiger partial charge on any atom is 0.214 e. The number of hydrogen-bond donors (Lipinski definition) is 0. The Morgan fingerprint density at radius 3 is 2.27 bits per heavy atom. The van der Waals surface area contributed by atoms with E-state index in [9.17, 15) is 9.59 Å². The molecule has 1 aliphatic carbocycles. The van der Waals surface area contributed by atoms with Crippen LogP contribution in [0.4, 0.5) is 0 Å². The van der Waals surface area contributed by atoms with E-state index in [4.69, 9.17) is 9.47 Å². The van der Waals surface area contributed by atoms with Gasteiger partial charge in [-0.1, -0.05) is 41.6 Å². The predicted octanol–water partition coefficient (Wildman–Crippen LogP) is 3.97. The number of ether oxygens (including phenoxy) is 2. The van der Waals surface area contributed by atoms with E-state index in [0.717, 1.165) is 11.4 Å². The molecule has 2 heterocycles. The fourth-order valence-electron chi connectivity index (χ4n) is 4.51. The summed E-state index contributed by atoms with van der Waals surface area (Å²) in [5, 5.41) is 8.58. The van der Waals surface area contributed by atoms with Crippen LogP contribution in [0.1, 0.15) is 37.8 Å². The summed E-state index contributed by atoms with van der Waals surface area (Å²) in [7, 11) is 3.19. The summed E-state index contributed by atoms with van der Waals surface area (Å²) in [4.78, 5) is 31.7. The highest BCUT2D eigenvalue weighted by Crippen LogP contribution is 2.33. The van der Waals surface area contributed by atoms with Gasteiger partial charge in [0.05, 0.1) is 32.6 Å². The summed E-state index contributed by atoms with van der Waals surface area (Å²) >= 11 is 0. The van der Waals surface area contributed by atoms with Crippen LogP contribution in [0.3, 0.4) is 0 Å². The van der Waals surface area contributed by atoms with Crippen LogP contribution in [0.25, 0.3) is 17.1 Å². The molecule has 0 N–H and O–H groups in total. The number of methoxy groups -OCH3 is 2. The average molecular weight is 492 g/mol. The molecule has 0 fully saturated rings. The number of carbonyl (C=O) groups is 2. The quantitative estimate of drug-likeness (QED) is 0.347. The molecule has 3 aromatic carbocycles. The second kappa shape index (κ2) is 8.87. The lowest BCUT2D eigenvalue weighted by atomic mass is 9.90. The molecule has 0 radical (unpaired) electrons. The molecule has 0 atom stereocenters. The van der Waals surface area contributed by atoms with Crippen LogP contribution in [0.2, 0.25) is 0 Å². The van der Waals surface area contributed by atoms with Gasteiger partial charge in [-0.05, 0) is 36.4 Å². The number of ketones is 2. The molecule has 37 heavy (non-hydrogen) atoms. The first-order valence-electron chi connectivity index (χ1n) is 11.6. The summed E-state index contributed by atoms with van der Waals surface area (Å²) in [5.74, 6) is 1.30. The molecule has 5 aromatic rings. The van der Waals surface area contributed by atoms with Crippen LogP contribution in [-0.2, 0) is 6.54 Å².